The van der Waals surface area contributed by atoms with Crippen LogP contribution in [-0.2, 0) is 29.9 Å². The molecule has 154 valence electrons. The first kappa shape index (κ1) is 19.8. The molecule has 0 amide bonds. The van der Waals surface area contributed by atoms with Crippen molar-refractivity contribution in [1.82, 2.24) is 19.9 Å². The van der Waals surface area contributed by atoms with E-state index in [0.29, 0.717) is 18.7 Å². The number of aromatic nitrogens is 3. The van der Waals surface area contributed by atoms with Gasteiger partial charge in [-0.05, 0) is 30.0 Å². The van der Waals surface area contributed by atoms with Gasteiger partial charge < -0.3 is 14.8 Å². The summed E-state index contributed by atoms with van der Waals surface area (Å²) in [5.41, 5.74) is 5.45. The van der Waals surface area contributed by atoms with E-state index in [2.05, 4.69) is 51.4 Å². The van der Waals surface area contributed by atoms with Crippen LogP contribution >= 0.6 is 0 Å². The van der Waals surface area contributed by atoms with E-state index in [4.69, 9.17) is 0 Å². The Morgan fingerprint density at radius 1 is 1.28 bits per heavy atom. The minimum atomic E-state index is -2.86. The van der Waals surface area contributed by atoms with Crippen LogP contribution in [0.25, 0.3) is 11.0 Å². The number of hydrogen-bond donors (Lipinski definition) is 1. The molecule has 1 aliphatic rings. The SMILES string of the molecule is CCc1cc(CNC2CCS(=O)(=O)C2)ccc1N(C)c1cc2c(cn1)ncn2C. The fourth-order valence-electron chi connectivity index (χ4n) is 3.90. The molecule has 29 heavy (non-hydrogen) atoms. The van der Waals surface area contributed by atoms with Crippen LogP contribution in [0.4, 0.5) is 11.5 Å². The molecule has 8 heteroatoms. The predicted octanol–water partition coefficient (Wildman–Crippen LogP) is 2.58. The average molecular weight is 414 g/mol. The molecule has 0 aliphatic carbocycles. The first-order valence-electron chi connectivity index (χ1n) is 9.92. The summed E-state index contributed by atoms with van der Waals surface area (Å²) in [6.45, 7) is 2.82. The largest absolute Gasteiger partial charge is 0.334 e. The molecule has 1 atom stereocenters. The lowest BCUT2D eigenvalue weighted by molar-refractivity contribution is 0.554. The normalized spacial score (nSPS) is 18.4. The van der Waals surface area contributed by atoms with Crippen molar-refractivity contribution in [1.29, 1.82) is 0 Å². The molecule has 4 rings (SSSR count). The molecule has 2 aromatic heterocycles. The number of sulfone groups is 1. The first-order valence-corrected chi connectivity index (χ1v) is 11.7. The van der Waals surface area contributed by atoms with E-state index >= 15 is 0 Å². The van der Waals surface area contributed by atoms with Gasteiger partial charge in [-0.1, -0.05) is 19.1 Å². The Labute approximate surface area is 171 Å². The number of anilines is 2. The van der Waals surface area contributed by atoms with Crippen molar-refractivity contribution in [3.05, 3.63) is 47.9 Å². The van der Waals surface area contributed by atoms with Crippen molar-refractivity contribution in [2.24, 2.45) is 7.05 Å². The Balaban J connectivity index is 1.53. The predicted molar refractivity (Wildman–Crippen MR) is 116 cm³/mol. The zero-order chi connectivity index (χ0) is 20.6. The minimum absolute atomic E-state index is 0.0576. The Morgan fingerprint density at radius 3 is 2.83 bits per heavy atom. The molecule has 0 radical (unpaired) electrons. The number of benzene rings is 1. The van der Waals surface area contributed by atoms with Crippen molar-refractivity contribution in [3.63, 3.8) is 0 Å². The summed E-state index contributed by atoms with van der Waals surface area (Å²) in [5, 5.41) is 3.39. The molecule has 1 saturated heterocycles. The van der Waals surface area contributed by atoms with Crippen molar-refractivity contribution in [3.8, 4) is 0 Å². The number of fused-ring (bicyclic) bond motifs is 1. The maximum absolute atomic E-state index is 11.6. The highest BCUT2D eigenvalue weighted by Gasteiger charge is 2.27. The van der Waals surface area contributed by atoms with E-state index in [1.165, 1.54) is 11.1 Å². The summed E-state index contributed by atoms with van der Waals surface area (Å²) in [7, 11) is 1.15. The zero-order valence-electron chi connectivity index (χ0n) is 17.1. The van der Waals surface area contributed by atoms with Crippen LogP contribution in [0, 0.1) is 0 Å². The summed E-state index contributed by atoms with van der Waals surface area (Å²) in [5.74, 6) is 1.41. The number of pyridine rings is 1. The monoisotopic (exact) mass is 413 g/mol. The number of aryl methyl sites for hydroxylation is 2. The van der Waals surface area contributed by atoms with Crippen LogP contribution in [0.2, 0.25) is 0 Å². The number of nitrogens with one attached hydrogen (secondary N) is 1. The Hall–Kier alpha value is -2.45. The van der Waals surface area contributed by atoms with E-state index in [-0.39, 0.29) is 11.8 Å². The van der Waals surface area contributed by atoms with Gasteiger partial charge in [0.15, 0.2) is 9.84 Å². The molecule has 3 aromatic rings. The highest BCUT2D eigenvalue weighted by molar-refractivity contribution is 7.91. The quantitative estimate of drug-likeness (QED) is 0.669. The summed E-state index contributed by atoms with van der Waals surface area (Å²) < 4.78 is 25.3. The lowest BCUT2D eigenvalue weighted by Gasteiger charge is -2.22. The number of hydrogen-bond acceptors (Lipinski definition) is 6. The Bertz CT molecular complexity index is 1140. The fourth-order valence-corrected chi connectivity index (χ4v) is 5.61. The second-order valence-corrected chi connectivity index (χ2v) is 9.97. The van der Waals surface area contributed by atoms with Crippen LogP contribution in [0.5, 0.6) is 0 Å². The standard InChI is InChI=1S/C21H27N5O2S/c1-4-16-9-15(11-22-17-7-8-29(27,28)13-17)5-6-19(16)26(3)21-10-20-18(12-23-21)24-14-25(20)2/h5-6,9-10,12,14,17,22H,4,7-8,11,13H2,1-3H3. The van der Waals surface area contributed by atoms with Crippen LogP contribution in [0.15, 0.2) is 36.8 Å². The van der Waals surface area contributed by atoms with E-state index < -0.39 is 9.84 Å². The smallest absolute Gasteiger partial charge is 0.151 e. The number of rotatable bonds is 6. The molecule has 1 N–H and O–H groups in total. The Morgan fingerprint density at radius 2 is 2.10 bits per heavy atom. The summed E-state index contributed by atoms with van der Waals surface area (Å²) >= 11 is 0. The van der Waals surface area contributed by atoms with Gasteiger partial charge in [0.25, 0.3) is 0 Å². The van der Waals surface area contributed by atoms with Crippen LogP contribution in [-0.4, -0.2) is 47.5 Å². The van der Waals surface area contributed by atoms with E-state index in [1.807, 2.05) is 18.7 Å². The van der Waals surface area contributed by atoms with Gasteiger partial charge in [-0.3, -0.25) is 0 Å². The molecule has 1 fully saturated rings. The first-order chi connectivity index (χ1) is 13.9. The van der Waals surface area contributed by atoms with Gasteiger partial charge in [-0.15, -0.1) is 0 Å². The van der Waals surface area contributed by atoms with Gasteiger partial charge in [0, 0.05) is 38.4 Å². The van der Waals surface area contributed by atoms with E-state index in [0.717, 1.165) is 29.0 Å². The van der Waals surface area contributed by atoms with Gasteiger partial charge in [-0.2, -0.15) is 0 Å². The average Bonchev–Trinajstić information content (AvgIpc) is 3.27. The van der Waals surface area contributed by atoms with Crippen molar-refractivity contribution < 1.29 is 8.42 Å². The summed E-state index contributed by atoms with van der Waals surface area (Å²) in [4.78, 5) is 11.0. The zero-order valence-corrected chi connectivity index (χ0v) is 17.9. The van der Waals surface area contributed by atoms with E-state index in [1.54, 1.807) is 12.5 Å². The molecule has 3 heterocycles. The maximum Gasteiger partial charge on any atom is 0.151 e. The molecule has 0 spiro atoms. The molecule has 1 aliphatic heterocycles. The van der Waals surface area contributed by atoms with Crippen LogP contribution in [0.1, 0.15) is 24.5 Å². The third-order valence-corrected chi connectivity index (χ3v) is 7.42. The molecule has 7 nitrogen and oxygen atoms in total. The summed E-state index contributed by atoms with van der Waals surface area (Å²) in [6.07, 6.45) is 5.21. The molecular weight excluding hydrogens is 386 g/mol. The second kappa shape index (κ2) is 7.76. The molecule has 0 saturated carbocycles. The lowest BCUT2D eigenvalue weighted by atomic mass is 10.0. The highest BCUT2D eigenvalue weighted by Crippen LogP contribution is 2.29. The van der Waals surface area contributed by atoms with Crippen LogP contribution < -0.4 is 10.2 Å². The minimum Gasteiger partial charge on any atom is -0.334 e. The lowest BCUT2D eigenvalue weighted by Crippen LogP contribution is -2.29. The molecular formula is C21H27N5O2S. The van der Waals surface area contributed by atoms with Gasteiger partial charge in [0.1, 0.15) is 11.3 Å². The number of nitrogens with zero attached hydrogens (tertiary/aromatic N) is 4. The van der Waals surface area contributed by atoms with Crippen molar-refractivity contribution in [2.75, 3.05) is 23.5 Å². The van der Waals surface area contributed by atoms with Gasteiger partial charge in [-0.25, -0.2) is 18.4 Å². The molecule has 1 unspecified atom stereocenters. The molecule has 0 bridgehead atoms. The third-order valence-electron chi connectivity index (χ3n) is 5.65. The number of imidazole rings is 1. The van der Waals surface area contributed by atoms with Gasteiger partial charge in [0.2, 0.25) is 0 Å². The Kier molecular flexibility index (Phi) is 5.31. The third kappa shape index (κ3) is 4.13. The second-order valence-electron chi connectivity index (χ2n) is 7.74. The maximum atomic E-state index is 11.6. The topological polar surface area (TPSA) is 80.1 Å². The van der Waals surface area contributed by atoms with Crippen molar-refractivity contribution in [2.45, 2.75) is 32.4 Å². The van der Waals surface area contributed by atoms with E-state index in [9.17, 15) is 8.42 Å². The van der Waals surface area contributed by atoms with Crippen LogP contribution in [0.3, 0.4) is 0 Å². The molecule has 1 aromatic carbocycles. The van der Waals surface area contributed by atoms with Crippen molar-refractivity contribution >= 4 is 32.4 Å². The van der Waals surface area contributed by atoms with Gasteiger partial charge >= 0.3 is 0 Å². The van der Waals surface area contributed by atoms with Gasteiger partial charge in [0.05, 0.1) is 29.5 Å². The summed E-state index contributed by atoms with van der Waals surface area (Å²) in [6, 6.07) is 8.53. The highest BCUT2D eigenvalue weighted by atomic mass is 32.2. The fraction of sp³-hybridized carbons (Fsp3) is 0.429.